The lowest BCUT2D eigenvalue weighted by Gasteiger charge is -2.26. The van der Waals surface area contributed by atoms with Crippen molar-refractivity contribution in [2.24, 2.45) is 0 Å². The standard InChI is InChI=1S/C44H28N2O/c1-3-11-31(12-4-1)45(34-22-24-37-36-15-7-9-17-41(36)46(42(37)27-34)32-13-5-2-6-14-32)33-21-23-35-29(25-33)19-20-30-26-44-40(28-39(30)35)38-16-8-10-18-43(38)47-44/h1-28H. The number of para-hydroxylation sites is 4. The van der Waals surface area contributed by atoms with Crippen LogP contribution in [0.5, 0.6) is 0 Å². The Morgan fingerprint density at radius 2 is 1.00 bits per heavy atom. The number of fused-ring (bicyclic) bond motifs is 9. The molecule has 0 aliphatic carbocycles. The van der Waals surface area contributed by atoms with Crippen LogP contribution in [0.15, 0.2) is 174 Å². The first-order valence-corrected chi connectivity index (χ1v) is 16.0. The molecule has 10 aromatic rings. The highest BCUT2D eigenvalue weighted by Gasteiger charge is 2.18. The minimum atomic E-state index is 0.922. The van der Waals surface area contributed by atoms with Crippen LogP contribution in [0.1, 0.15) is 0 Å². The summed E-state index contributed by atoms with van der Waals surface area (Å²) in [6.45, 7) is 0. The normalized spacial score (nSPS) is 11.8. The molecule has 10 rings (SSSR count). The highest BCUT2D eigenvalue weighted by Crippen LogP contribution is 2.41. The predicted octanol–water partition coefficient (Wildman–Crippen LogP) is 12.5. The van der Waals surface area contributed by atoms with Crippen molar-refractivity contribution >= 4 is 82.4 Å². The maximum Gasteiger partial charge on any atom is 0.136 e. The van der Waals surface area contributed by atoms with E-state index in [0.717, 1.165) is 44.7 Å². The molecule has 0 unspecified atom stereocenters. The van der Waals surface area contributed by atoms with E-state index in [2.05, 4.69) is 167 Å². The number of nitrogens with zero attached hydrogens (tertiary/aromatic N) is 2. The third-order valence-corrected chi connectivity index (χ3v) is 9.52. The van der Waals surface area contributed by atoms with Gasteiger partial charge in [-0.2, -0.15) is 0 Å². The van der Waals surface area contributed by atoms with E-state index in [1.807, 2.05) is 12.1 Å². The molecule has 0 saturated carbocycles. The van der Waals surface area contributed by atoms with E-state index in [-0.39, 0.29) is 0 Å². The molecule has 0 fully saturated rings. The fourth-order valence-corrected chi connectivity index (χ4v) is 7.39. The third-order valence-electron chi connectivity index (χ3n) is 9.52. The second-order valence-corrected chi connectivity index (χ2v) is 12.2. The fraction of sp³-hybridized carbons (Fsp3) is 0. The van der Waals surface area contributed by atoms with Crippen LogP contribution >= 0.6 is 0 Å². The van der Waals surface area contributed by atoms with Gasteiger partial charge >= 0.3 is 0 Å². The zero-order valence-corrected chi connectivity index (χ0v) is 25.5. The maximum absolute atomic E-state index is 6.20. The zero-order valence-electron chi connectivity index (χ0n) is 25.5. The van der Waals surface area contributed by atoms with Crippen LogP contribution in [0.2, 0.25) is 0 Å². The van der Waals surface area contributed by atoms with Crippen LogP contribution in [0.3, 0.4) is 0 Å². The Bertz CT molecular complexity index is 2790. The van der Waals surface area contributed by atoms with Gasteiger partial charge in [-0.25, -0.2) is 0 Å². The van der Waals surface area contributed by atoms with E-state index in [0.29, 0.717) is 0 Å². The van der Waals surface area contributed by atoms with Gasteiger partial charge in [0, 0.05) is 44.3 Å². The largest absolute Gasteiger partial charge is 0.456 e. The van der Waals surface area contributed by atoms with Crippen LogP contribution in [0, 0.1) is 0 Å². The van der Waals surface area contributed by atoms with Crippen molar-refractivity contribution < 1.29 is 4.42 Å². The highest BCUT2D eigenvalue weighted by atomic mass is 16.3. The van der Waals surface area contributed by atoms with Crippen molar-refractivity contribution in [3.63, 3.8) is 0 Å². The molecule has 0 aliphatic rings. The second-order valence-electron chi connectivity index (χ2n) is 12.2. The Kier molecular flexibility index (Phi) is 5.57. The van der Waals surface area contributed by atoms with E-state index >= 15 is 0 Å². The molecule has 47 heavy (non-hydrogen) atoms. The number of hydrogen-bond acceptors (Lipinski definition) is 2. The van der Waals surface area contributed by atoms with E-state index < -0.39 is 0 Å². The van der Waals surface area contributed by atoms with Gasteiger partial charge in [-0.1, -0.05) is 97.1 Å². The minimum absolute atomic E-state index is 0.922. The van der Waals surface area contributed by atoms with Crippen molar-refractivity contribution in [2.75, 3.05) is 4.90 Å². The van der Waals surface area contributed by atoms with E-state index in [9.17, 15) is 0 Å². The number of benzene rings is 8. The SMILES string of the molecule is c1ccc(N(c2ccc3c(ccc4cc5oc6ccccc6c5cc43)c2)c2ccc3c4ccccc4n(-c4ccccc4)c3c2)cc1. The summed E-state index contributed by atoms with van der Waals surface area (Å²) in [5.74, 6) is 0. The quantitative estimate of drug-likeness (QED) is 0.187. The minimum Gasteiger partial charge on any atom is -0.456 e. The fourth-order valence-electron chi connectivity index (χ4n) is 7.39. The molecule has 220 valence electrons. The van der Waals surface area contributed by atoms with E-state index in [1.54, 1.807) is 0 Å². The van der Waals surface area contributed by atoms with Crippen LogP contribution in [0.4, 0.5) is 17.1 Å². The molecule has 0 N–H and O–H groups in total. The second kappa shape index (κ2) is 10.1. The lowest BCUT2D eigenvalue weighted by atomic mass is 9.99. The number of furan rings is 1. The van der Waals surface area contributed by atoms with Crippen LogP contribution < -0.4 is 4.90 Å². The molecule has 0 atom stereocenters. The van der Waals surface area contributed by atoms with Crippen molar-refractivity contribution in [3.05, 3.63) is 170 Å². The zero-order chi connectivity index (χ0) is 30.9. The summed E-state index contributed by atoms with van der Waals surface area (Å²) in [5, 5.41) is 9.62. The Morgan fingerprint density at radius 1 is 0.362 bits per heavy atom. The first kappa shape index (κ1) is 26.0. The molecule has 0 spiro atoms. The number of rotatable bonds is 4. The summed E-state index contributed by atoms with van der Waals surface area (Å²) in [6, 6.07) is 60.9. The van der Waals surface area contributed by atoms with E-state index in [4.69, 9.17) is 4.42 Å². The molecule has 0 aliphatic heterocycles. The van der Waals surface area contributed by atoms with Crippen molar-refractivity contribution in [2.45, 2.75) is 0 Å². The summed E-state index contributed by atoms with van der Waals surface area (Å²) in [5.41, 5.74) is 8.71. The molecule has 3 nitrogen and oxygen atoms in total. The van der Waals surface area contributed by atoms with Crippen molar-refractivity contribution in [1.82, 2.24) is 4.57 Å². The summed E-state index contributed by atoms with van der Waals surface area (Å²) in [4.78, 5) is 2.36. The van der Waals surface area contributed by atoms with Gasteiger partial charge in [0.05, 0.1) is 11.0 Å². The molecule has 2 heterocycles. The number of anilines is 3. The van der Waals surface area contributed by atoms with Gasteiger partial charge in [0.2, 0.25) is 0 Å². The first-order valence-electron chi connectivity index (χ1n) is 16.0. The molecule has 0 radical (unpaired) electrons. The van der Waals surface area contributed by atoms with E-state index in [1.165, 1.54) is 43.4 Å². The Balaban J connectivity index is 1.19. The third kappa shape index (κ3) is 4.00. The lowest BCUT2D eigenvalue weighted by molar-refractivity contribution is 0.669. The number of hydrogen-bond donors (Lipinski definition) is 0. The van der Waals surface area contributed by atoms with Crippen molar-refractivity contribution in [1.29, 1.82) is 0 Å². The monoisotopic (exact) mass is 600 g/mol. The molecule has 3 heteroatoms. The first-order chi connectivity index (χ1) is 23.3. The molecular weight excluding hydrogens is 572 g/mol. The smallest absolute Gasteiger partial charge is 0.136 e. The molecule has 0 amide bonds. The predicted molar refractivity (Wildman–Crippen MR) is 198 cm³/mol. The Labute approximate surface area is 271 Å². The van der Waals surface area contributed by atoms with Gasteiger partial charge in [0.15, 0.2) is 0 Å². The van der Waals surface area contributed by atoms with Crippen LogP contribution in [-0.4, -0.2) is 4.57 Å². The molecular formula is C44H28N2O. The summed E-state index contributed by atoms with van der Waals surface area (Å²) >= 11 is 0. The maximum atomic E-state index is 6.20. The summed E-state index contributed by atoms with van der Waals surface area (Å²) < 4.78 is 8.58. The average molecular weight is 601 g/mol. The van der Waals surface area contributed by atoms with Gasteiger partial charge in [0.25, 0.3) is 0 Å². The summed E-state index contributed by atoms with van der Waals surface area (Å²) in [7, 11) is 0. The molecule has 0 bridgehead atoms. The number of aromatic nitrogens is 1. The molecule has 2 aromatic heterocycles. The van der Waals surface area contributed by atoms with Crippen LogP contribution in [-0.2, 0) is 0 Å². The van der Waals surface area contributed by atoms with Gasteiger partial charge in [0.1, 0.15) is 11.2 Å². The van der Waals surface area contributed by atoms with Gasteiger partial charge < -0.3 is 13.9 Å². The topological polar surface area (TPSA) is 21.3 Å². The highest BCUT2D eigenvalue weighted by molar-refractivity contribution is 6.17. The van der Waals surface area contributed by atoms with Crippen molar-refractivity contribution in [3.8, 4) is 5.69 Å². The summed E-state index contributed by atoms with van der Waals surface area (Å²) in [6.07, 6.45) is 0. The Hall–Kier alpha value is -6.32. The van der Waals surface area contributed by atoms with Gasteiger partial charge in [-0.3, -0.25) is 0 Å². The average Bonchev–Trinajstić information content (AvgIpc) is 3.66. The van der Waals surface area contributed by atoms with Crippen LogP contribution in [0.25, 0.3) is 71.0 Å². The van der Waals surface area contributed by atoms with Gasteiger partial charge in [-0.15, -0.1) is 0 Å². The molecule has 8 aromatic carbocycles. The Morgan fingerprint density at radius 3 is 1.83 bits per heavy atom. The molecule has 0 saturated heterocycles. The van der Waals surface area contributed by atoms with Gasteiger partial charge in [-0.05, 0) is 94.3 Å². The lowest BCUT2D eigenvalue weighted by Crippen LogP contribution is -2.10.